The van der Waals surface area contributed by atoms with Crippen LogP contribution >= 0.6 is 15.9 Å². The molecular weight excluding hydrogens is 339 g/mol. The monoisotopic (exact) mass is 352 g/mol. The number of hydrogen-bond donors (Lipinski definition) is 2. The highest BCUT2D eigenvalue weighted by Crippen LogP contribution is 2.16. The first-order valence-electron chi connectivity index (χ1n) is 5.47. The number of hydrogen-bond acceptors (Lipinski definition) is 3. The maximum absolute atomic E-state index is 13.0. The highest BCUT2D eigenvalue weighted by molar-refractivity contribution is 9.10. The number of halogens is 2. The molecule has 1 aromatic carbocycles. The fourth-order valence-corrected chi connectivity index (χ4v) is 2.18. The molecule has 1 aromatic rings. The summed E-state index contributed by atoms with van der Waals surface area (Å²) in [5.41, 5.74) is 0.337. The van der Waals surface area contributed by atoms with Gasteiger partial charge in [0.1, 0.15) is 5.82 Å². The van der Waals surface area contributed by atoms with Gasteiger partial charge in [0.15, 0.2) is 0 Å². The Balaban J connectivity index is 2.37. The van der Waals surface area contributed by atoms with Crippen LogP contribution in [0.1, 0.15) is 16.8 Å². The lowest BCUT2D eigenvalue weighted by Gasteiger charge is -2.06. The topological polar surface area (TPSA) is 75.3 Å². The highest BCUT2D eigenvalue weighted by Gasteiger charge is 2.08. The summed E-state index contributed by atoms with van der Waals surface area (Å²) in [6.45, 7) is 0.586. The molecule has 0 aromatic heterocycles. The number of amides is 1. The second-order valence-electron chi connectivity index (χ2n) is 3.90. The van der Waals surface area contributed by atoms with Crippen molar-refractivity contribution < 1.29 is 17.6 Å². The Kier molecular flexibility index (Phi) is 5.89. The van der Waals surface area contributed by atoms with Gasteiger partial charge in [0.2, 0.25) is 10.0 Å². The molecule has 0 fully saturated rings. The number of benzene rings is 1. The van der Waals surface area contributed by atoms with Gasteiger partial charge in [0, 0.05) is 18.7 Å². The number of carbonyl (C=O) groups is 1. The summed E-state index contributed by atoms with van der Waals surface area (Å²) in [7, 11) is -3.20. The van der Waals surface area contributed by atoms with E-state index in [1.165, 1.54) is 18.2 Å². The number of nitrogens with one attached hydrogen (secondary N) is 2. The fourth-order valence-electron chi connectivity index (χ4n) is 1.29. The first-order chi connectivity index (χ1) is 8.79. The highest BCUT2D eigenvalue weighted by atomic mass is 79.9. The Morgan fingerprint density at radius 2 is 2.05 bits per heavy atom. The lowest BCUT2D eigenvalue weighted by atomic mass is 10.2. The molecule has 0 bridgehead atoms. The van der Waals surface area contributed by atoms with Crippen LogP contribution in [0.4, 0.5) is 4.39 Å². The molecule has 5 nitrogen and oxygen atoms in total. The van der Waals surface area contributed by atoms with Crippen LogP contribution in [0.3, 0.4) is 0 Å². The van der Waals surface area contributed by atoms with Gasteiger partial charge >= 0.3 is 0 Å². The van der Waals surface area contributed by atoms with Gasteiger partial charge in [-0.3, -0.25) is 4.79 Å². The number of carbonyl (C=O) groups excluding carboxylic acids is 1. The third-order valence-corrected chi connectivity index (χ3v) is 3.52. The number of rotatable bonds is 6. The van der Waals surface area contributed by atoms with Crippen molar-refractivity contribution in [3.8, 4) is 0 Å². The van der Waals surface area contributed by atoms with Gasteiger partial charge in [-0.1, -0.05) is 0 Å². The predicted octanol–water partition coefficient (Wildman–Crippen LogP) is 1.26. The molecule has 106 valence electrons. The molecule has 0 atom stereocenters. The van der Waals surface area contributed by atoms with Crippen molar-refractivity contribution in [1.29, 1.82) is 0 Å². The molecule has 2 N–H and O–H groups in total. The lowest BCUT2D eigenvalue weighted by Crippen LogP contribution is -2.29. The maximum Gasteiger partial charge on any atom is 0.251 e. The summed E-state index contributed by atoms with van der Waals surface area (Å²) in [6.07, 6.45) is 1.54. The Morgan fingerprint density at radius 1 is 1.37 bits per heavy atom. The standard InChI is InChI=1S/C11H14BrFN2O3S/c1-19(17,18)15-6-2-5-14-11(16)8-3-4-10(13)9(12)7-8/h3-4,7,15H,2,5-6H2,1H3,(H,14,16). The molecule has 0 aliphatic rings. The van der Waals surface area contributed by atoms with Crippen molar-refractivity contribution in [2.75, 3.05) is 19.3 Å². The van der Waals surface area contributed by atoms with E-state index in [1.54, 1.807) is 0 Å². The molecule has 0 aliphatic carbocycles. The molecule has 0 heterocycles. The molecular formula is C11H14BrFN2O3S. The Labute approximate surface area is 119 Å². The van der Waals surface area contributed by atoms with Gasteiger partial charge in [-0.2, -0.15) is 0 Å². The molecule has 0 spiro atoms. The number of sulfonamides is 1. The van der Waals surface area contributed by atoms with E-state index in [4.69, 9.17) is 0 Å². The summed E-state index contributed by atoms with van der Waals surface area (Å²) >= 11 is 3.00. The molecule has 1 rings (SSSR count). The van der Waals surface area contributed by atoms with E-state index in [9.17, 15) is 17.6 Å². The Morgan fingerprint density at radius 3 is 2.63 bits per heavy atom. The molecule has 0 radical (unpaired) electrons. The van der Waals surface area contributed by atoms with Crippen LogP contribution in [0.2, 0.25) is 0 Å². The van der Waals surface area contributed by atoms with E-state index in [-0.39, 0.29) is 16.9 Å². The average molecular weight is 353 g/mol. The third-order valence-electron chi connectivity index (χ3n) is 2.19. The third kappa shape index (κ3) is 6.13. The largest absolute Gasteiger partial charge is 0.352 e. The van der Waals surface area contributed by atoms with Crippen molar-refractivity contribution in [2.24, 2.45) is 0 Å². The van der Waals surface area contributed by atoms with Crippen LogP contribution in [0.5, 0.6) is 0 Å². The van der Waals surface area contributed by atoms with Gasteiger partial charge in [-0.25, -0.2) is 17.5 Å². The first kappa shape index (κ1) is 16.1. The van der Waals surface area contributed by atoms with Gasteiger partial charge in [0.05, 0.1) is 10.7 Å². The van der Waals surface area contributed by atoms with Crippen LogP contribution < -0.4 is 10.0 Å². The minimum atomic E-state index is -3.20. The van der Waals surface area contributed by atoms with Crippen molar-refractivity contribution >= 4 is 31.9 Å². The van der Waals surface area contributed by atoms with Crippen molar-refractivity contribution in [2.45, 2.75) is 6.42 Å². The van der Waals surface area contributed by atoms with Crippen LogP contribution in [-0.4, -0.2) is 33.7 Å². The Hall–Kier alpha value is -0.990. The van der Waals surface area contributed by atoms with Crippen LogP contribution in [-0.2, 0) is 10.0 Å². The van der Waals surface area contributed by atoms with Crippen molar-refractivity contribution in [1.82, 2.24) is 10.0 Å². The predicted molar refractivity (Wildman–Crippen MR) is 73.9 cm³/mol. The average Bonchev–Trinajstić information content (AvgIpc) is 2.30. The second-order valence-corrected chi connectivity index (χ2v) is 6.59. The van der Waals surface area contributed by atoms with E-state index in [2.05, 4.69) is 26.0 Å². The summed E-state index contributed by atoms with van der Waals surface area (Å²) in [6, 6.07) is 3.97. The molecule has 19 heavy (non-hydrogen) atoms. The first-order valence-corrected chi connectivity index (χ1v) is 8.16. The minimum absolute atomic E-state index is 0.221. The molecule has 1 amide bonds. The zero-order valence-corrected chi connectivity index (χ0v) is 12.6. The van der Waals surface area contributed by atoms with Gasteiger partial charge < -0.3 is 5.32 Å². The quantitative estimate of drug-likeness (QED) is 0.756. The van der Waals surface area contributed by atoms with Crippen LogP contribution in [0.15, 0.2) is 22.7 Å². The fraction of sp³-hybridized carbons (Fsp3) is 0.364. The van der Waals surface area contributed by atoms with E-state index in [1.807, 2.05) is 0 Å². The van der Waals surface area contributed by atoms with Crippen LogP contribution in [0.25, 0.3) is 0 Å². The summed E-state index contributed by atoms with van der Waals surface area (Å²) in [5.74, 6) is -0.769. The van der Waals surface area contributed by atoms with Crippen LogP contribution in [0, 0.1) is 5.82 Å². The van der Waals surface area contributed by atoms with Crippen molar-refractivity contribution in [3.63, 3.8) is 0 Å². The zero-order chi connectivity index (χ0) is 14.5. The molecule has 0 saturated carbocycles. The van der Waals surface area contributed by atoms with Gasteiger partial charge in [-0.05, 0) is 40.5 Å². The summed E-state index contributed by atoms with van der Waals surface area (Å²) < 4.78 is 37.1. The van der Waals surface area contributed by atoms with E-state index >= 15 is 0 Å². The SMILES string of the molecule is CS(=O)(=O)NCCCNC(=O)c1ccc(F)c(Br)c1. The van der Waals surface area contributed by atoms with E-state index < -0.39 is 15.8 Å². The van der Waals surface area contributed by atoms with E-state index in [0.717, 1.165) is 6.26 Å². The summed E-state index contributed by atoms with van der Waals surface area (Å²) in [4.78, 5) is 11.7. The van der Waals surface area contributed by atoms with E-state index in [0.29, 0.717) is 18.5 Å². The zero-order valence-electron chi connectivity index (χ0n) is 10.2. The second kappa shape index (κ2) is 6.97. The minimum Gasteiger partial charge on any atom is -0.352 e. The summed E-state index contributed by atoms with van der Waals surface area (Å²) in [5, 5.41) is 2.61. The molecule has 8 heteroatoms. The Bertz CT molecular complexity index is 563. The van der Waals surface area contributed by atoms with Gasteiger partial charge in [-0.15, -0.1) is 0 Å². The maximum atomic E-state index is 13.0. The normalized spacial score (nSPS) is 11.3. The molecule has 0 saturated heterocycles. The molecule has 0 aliphatic heterocycles. The lowest BCUT2D eigenvalue weighted by molar-refractivity contribution is 0.0953. The molecule has 0 unspecified atom stereocenters. The smallest absolute Gasteiger partial charge is 0.251 e. The van der Waals surface area contributed by atoms with Crippen molar-refractivity contribution in [3.05, 3.63) is 34.1 Å². The van der Waals surface area contributed by atoms with Gasteiger partial charge in [0.25, 0.3) is 5.91 Å².